The van der Waals surface area contributed by atoms with Gasteiger partial charge in [0.05, 0.1) is 5.39 Å². The van der Waals surface area contributed by atoms with Crippen LogP contribution < -0.4 is 4.90 Å². The maximum atomic E-state index is 15.9. The lowest BCUT2D eigenvalue weighted by Gasteiger charge is -2.23. The van der Waals surface area contributed by atoms with Crippen LogP contribution in [0.1, 0.15) is 38.2 Å². The summed E-state index contributed by atoms with van der Waals surface area (Å²) in [5.74, 6) is -0.0747. The number of rotatable bonds is 3. The summed E-state index contributed by atoms with van der Waals surface area (Å²) in [5.41, 5.74) is 1.67. The Balaban J connectivity index is 1.75. The van der Waals surface area contributed by atoms with E-state index in [9.17, 15) is 10.2 Å². The zero-order chi connectivity index (χ0) is 22.2. The number of anilines is 1. The average Bonchev–Trinajstić information content (AvgIpc) is 3.08. The second-order valence-electron chi connectivity index (χ2n) is 8.29. The number of benzene rings is 2. The van der Waals surface area contributed by atoms with E-state index in [0.717, 1.165) is 61.5 Å². The van der Waals surface area contributed by atoms with Crippen LogP contribution in [0, 0.1) is 5.82 Å². The van der Waals surface area contributed by atoms with Crippen LogP contribution in [-0.2, 0) is 6.42 Å². The normalized spacial score (nSPS) is 14.8. The Morgan fingerprint density at radius 2 is 1.81 bits per heavy atom. The number of hydrogen-bond donors (Lipinski definition) is 2. The Labute approximate surface area is 185 Å². The van der Waals surface area contributed by atoms with Gasteiger partial charge in [0, 0.05) is 24.8 Å². The molecule has 2 N–H and O–H groups in total. The average molecular weight is 432 g/mol. The van der Waals surface area contributed by atoms with E-state index < -0.39 is 11.8 Å². The van der Waals surface area contributed by atoms with Gasteiger partial charge in [-0.05, 0) is 47.7 Å². The van der Waals surface area contributed by atoms with Crippen molar-refractivity contribution in [2.75, 3.05) is 18.0 Å². The fraction of sp³-hybridized carbons (Fsp3) is 0.320. The minimum atomic E-state index is -0.630. The Morgan fingerprint density at radius 3 is 2.56 bits per heavy atom. The summed E-state index contributed by atoms with van der Waals surface area (Å²) >= 11 is 0. The zero-order valence-corrected chi connectivity index (χ0v) is 18.0. The fourth-order valence-electron chi connectivity index (χ4n) is 4.71. The summed E-state index contributed by atoms with van der Waals surface area (Å²) in [6.45, 7) is 3.63. The number of halogens is 1. The van der Waals surface area contributed by atoms with Crippen molar-refractivity contribution < 1.29 is 14.6 Å². The van der Waals surface area contributed by atoms with Crippen molar-refractivity contribution in [2.45, 2.75) is 39.0 Å². The van der Waals surface area contributed by atoms with Gasteiger partial charge in [-0.15, -0.1) is 0 Å². The van der Waals surface area contributed by atoms with Gasteiger partial charge in [0.15, 0.2) is 5.82 Å². The van der Waals surface area contributed by atoms with Gasteiger partial charge in [-0.25, -0.2) is 4.39 Å². The van der Waals surface area contributed by atoms with Gasteiger partial charge in [0.1, 0.15) is 22.8 Å². The molecule has 32 heavy (non-hydrogen) atoms. The second kappa shape index (κ2) is 8.22. The summed E-state index contributed by atoms with van der Waals surface area (Å²) in [7, 11) is 0. The maximum Gasteiger partial charge on any atom is 0.316 e. The molecule has 164 valence electrons. The van der Waals surface area contributed by atoms with Crippen molar-refractivity contribution in [3.8, 4) is 23.0 Å². The van der Waals surface area contributed by atoms with Crippen LogP contribution in [0.2, 0.25) is 0 Å². The first kappa shape index (κ1) is 20.4. The molecule has 6 nitrogen and oxygen atoms in total. The molecule has 1 fully saturated rings. The molecule has 0 aliphatic carbocycles. The van der Waals surface area contributed by atoms with Crippen LogP contribution in [0.15, 0.2) is 36.5 Å². The highest BCUT2D eigenvalue weighted by molar-refractivity contribution is 6.01. The molecule has 0 atom stereocenters. The van der Waals surface area contributed by atoms with E-state index in [-0.39, 0.29) is 17.0 Å². The zero-order valence-electron chi connectivity index (χ0n) is 18.0. The lowest BCUT2D eigenvalue weighted by atomic mass is 9.95. The summed E-state index contributed by atoms with van der Waals surface area (Å²) in [5, 5.41) is 22.7. The summed E-state index contributed by atoms with van der Waals surface area (Å²) < 4.78 is 15.9. The van der Waals surface area contributed by atoms with E-state index >= 15 is 4.39 Å². The SMILES string of the molecule is CCc1cccc2cc(O)cc(-c3ncc4c(N5CCCCCC5)nc(O)nc4c3F)c12. The van der Waals surface area contributed by atoms with Gasteiger partial charge in [-0.2, -0.15) is 9.97 Å². The standard InChI is InChI=1S/C25H25FN4O2/c1-2-15-8-7-9-16-12-17(31)13-18(20(15)16)22-21(26)23-19(14-27-22)24(29-25(32)28-23)30-10-5-3-4-6-11-30/h7-9,12-14,31H,2-6,10-11H2,1H3,(H,28,29,32). The number of fused-ring (bicyclic) bond motifs is 2. The molecular weight excluding hydrogens is 407 g/mol. The summed E-state index contributed by atoms with van der Waals surface area (Å²) in [6, 6.07) is 8.56. The molecule has 1 saturated heterocycles. The molecule has 0 amide bonds. The molecule has 0 unspecified atom stereocenters. The number of aromatic nitrogens is 3. The summed E-state index contributed by atoms with van der Waals surface area (Å²) in [4.78, 5) is 14.8. The van der Waals surface area contributed by atoms with Crippen molar-refractivity contribution >= 4 is 27.5 Å². The molecule has 2 aromatic carbocycles. The molecule has 0 saturated carbocycles. The molecule has 1 aliphatic heterocycles. The minimum Gasteiger partial charge on any atom is -0.508 e. The van der Waals surface area contributed by atoms with Gasteiger partial charge in [0.25, 0.3) is 0 Å². The largest absolute Gasteiger partial charge is 0.508 e. The number of aryl methyl sites for hydroxylation is 1. The first-order chi connectivity index (χ1) is 15.6. The van der Waals surface area contributed by atoms with Crippen molar-refractivity contribution in [1.29, 1.82) is 0 Å². The lowest BCUT2D eigenvalue weighted by Crippen LogP contribution is -2.25. The van der Waals surface area contributed by atoms with Gasteiger partial charge < -0.3 is 15.1 Å². The number of aromatic hydroxyl groups is 2. The van der Waals surface area contributed by atoms with E-state index in [1.165, 1.54) is 6.07 Å². The smallest absolute Gasteiger partial charge is 0.316 e. The van der Waals surface area contributed by atoms with Crippen molar-refractivity contribution in [3.05, 3.63) is 47.9 Å². The van der Waals surface area contributed by atoms with Crippen molar-refractivity contribution in [2.24, 2.45) is 0 Å². The molecule has 3 heterocycles. The molecule has 0 bridgehead atoms. The third-order valence-corrected chi connectivity index (χ3v) is 6.24. The van der Waals surface area contributed by atoms with Gasteiger partial charge in [0.2, 0.25) is 0 Å². The molecule has 2 aromatic heterocycles. The molecule has 0 radical (unpaired) electrons. The first-order valence-corrected chi connectivity index (χ1v) is 11.1. The number of hydrogen-bond acceptors (Lipinski definition) is 6. The Morgan fingerprint density at radius 1 is 1.03 bits per heavy atom. The van der Waals surface area contributed by atoms with E-state index in [4.69, 9.17) is 0 Å². The van der Waals surface area contributed by atoms with Gasteiger partial charge in [-0.1, -0.05) is 38.0 Å². The number of phenols is 1. The Kier molecular flexibility index (Phi) is 5.25. The second-order valence-corrected chi connectivity index (χ2v) is 8.29. The van der Waals surface area contributed by atoms with E-state index in [1.807, 2.05) is 25.1 Å². The minimum absolute atomic E-state index is 0.0345. The first-order valence-electron chi connectivity index (χ1n) is 11.1. The van der Waals surface area contributed by atoms with Crippen LogP contribution in [0.25, 0.3) is 32.9 Å². The van der Waals surface area contributed by atoms with Crippen LogP contribution in [0.4, 0.5) is 10.2 Å². The van der Waals surface area contributed by atoms with E-state index in [2.05, 4.69) is 19.9 Å². The topological polar surface area (TPSA) is 82.4 Å². The molecule has 1 aliphatic rings. The predicted octanol–water partition coefficient (Wildman–Crippen LogP) is 5.34. The third-order valence-electron chi connectivity index (χ3n) is 6.24. The molecular formula is C25H25FN4O2. The lowest BCUT2D eigenvalue weighted by molar-refractivity contribution is 0.432. The summed E-state index contributed by atoms with van der Waals surface area (Å²) in [6.07, 6.45) is 6.67. The molecule has 4 aromatic rings. The quantitative estimate of drug-likeness (QED) is 0.455. The number of nitrogens with zero attached hydrogens (tertiary/aromatic N) is 4. The number of pyridine rings is 1. The predicted molar refractivity (Wildman–Crippen MR) is 124 cm³/mol. The fourth-order valence-corrected chi connectivity index (χ4v) is 4.71. The van der Waals surface area contributed by atoms with E-state index in [0.29, 0.717) is 16.8 Å². The van der Waals surface area contributed by atoms with Crippen LogP contribution >= 0.6 is 0 Å². The Bertz CT molecular complexity index is 1320. The van der Waals surface area contributed by atoms with Crippen LogP contribution in [-0.4, -0.2) is 38.3 Å². The maximum absolute atomic E-state index is 15.9. The van der Waals surface area contributed by atoms with Crippen molar-refractivity contribution in [1.82, 2.24) is 15.0 Å². The highest BCUT2D eigenvalue weighted by Crippen LogP contribution is 2.38. The van der Waals surface area contributed by atoms with Crippen LogP contribution in [0.5, 0.6) is 11.8 Å². The monoisotopic (exact) mass is 432 g/mol. The van der Waals surface area contributed by atoms with E-state index in [1.54, 1.807) is 12.3 Å². The Hall–Kier alpha value is -3.48. The van der Waals surface area contributed by atoms with Crippen molar-refractivity contribution in [3.63, 3.8) is 0 Å². The van der Waals surface area contributed by atoms with Crippen LogP contribution in [0.3, 0.4) is 0 Å². The number of phenolic OH excluding ortho intramolecular Hbond substituents is 1. The molecule has 7 heteroatoms. The molecule has 0 spiro atoms. The molecule has 5 rings (SSSR count). The highest BCUT2D eigenvalue weighted by Gasteiger charge is 2.22. The van der Waals surface area contributed by atoms with Gasteiger partial charge >= 0.3 is 6.01 Å². The van der Waals surface area contributed by atoms with Gasteiger partial charge in [-0.3, -0.25) is 4.98 Å². The third kappa shape index (κ3) is 3.47. The highest BCUT2D eigenvalue weighted by atomic mass is 19.1.